The van der Waals surface area contributed by atoms with Crippen molar-refractivity contribution in [2.24, 2.45) is 5.92 Å². The Labute approximate surface area is 142 Å². The number of hydrogen-bond donors (Lipinski definition) is 1. The largest absolute Gasteiger partial charge is 0.432 e. The predicted molar refractivity (Wildman–Crippen MR) is 92.8 cm³/mol. The van der Waals surface area contributed by atoms with Crippen LogP contribution in [0.1, 0.15) is 59.3 Å². The smallest absolute Gasteiger partial charge is 0.188 e. The summed E-state index contributed by atoms with van der Waals surface area (Å²) in [7, 11) is -2.20. The SMILES string of the molecule is CC(C)(C[C@@H]1C[C@H](OC2CCCCO2)C[C@H]2O[C@@]12C)[Si](C)(C)O. The van der Waals surface area contributed by atoms with E-state index in [0.29, 0.717) is 12.0 Å². The van der Waals surface area contributed by atoms with Crippen molar-refractivity contribution in [3.05, 3.63) is 0 Å². The van der Waals surface area contributed by atoms with Gasteiger partial charge >= 0.3 is 0 Å². The van der Waals surface area contributed by atoms with Crippen molar-refractivity contribution in [2.75, 3.05) is 6.61 Å². The van der Waals surface area contributed by atoms with Crippen LogP contribution < -0.4 is 0 Å². The molecule has 2 heterocycles. The maximum atomic E-state index is 10.6. The van der Waals surface area contributed by atoms with Crippen molar-refractivity contribution in [1.82, 2.24) is 0 Å². The molecule has 0 radical (unpaired) electrons. The molecule has 0 aromatic rings. The standard InChI is InChI=1S/C18H34O4Si/c1-17(2,23(4,5)19)12-13-10-14(11-15-18(13,3)22-15)21-16-8-6-7-9-20-16/h13-16,19H,6-12H2,1-5H3/t13-,14-,15+,16?,18-/m0/s1. The molecular weight excluding hydrogens is 308 g/mol. The molecular formula is C18H34O4Si. The average Bonchev–Trinajstić information content (AvgIpc) is 3.10. The highest BCUT2D eigenvalue weighted by Gasteiger charge is 2.62. The van der Waals surface area contributed by atoms with E-state index >= 15 is 0 Å². The van der Waals surface area contributed by atoms with Crippen LogP contribution in [0.5, 0.6) is 0 Å². The van der Waals surface area contributed by atoms with Gasteiger partial charge in [-0.1, -0.05) is 13.8 Å². The van der Waals surface area contributed by atoms with E-state index < -0.39 is 8.32 Å². The van der Waals surface area contributed by atoms with Gasteiger partial charge in [-0.15, -0.1) is 0 Å². The van der Waals surface area contributed by atoms with Crippen molar-refractivity contribution in [3.63, 3.8) is 0 Å². The fourth-order valence-electron chi connectivity index (χ4n) is 4.10. The Hall–Kier alpha value is 0.0569. The number of rotatable bonds is 5. The first-order chi connectivity index (χ1) is 10.6. The van der Waals surface area contributed by atoms with E-state index in [2.05, 4.69) is 20.8 Å². The summed E-state index contributed by atoms with van der Waals surface area (Å²) in [5, 5.41) is -0.0135. The second-order valence-corrected chi connectivity index (χ2v) is 13.6. The first kappa shape index (κ1) is 17.9. The molecule has 1 N–H and O–H groups in total. The Morgan fingerprint density at radius 1 is 1.26 bits per heavy atom. The third kappa shape index (κ3) is 3.69. The molecule has 5 atom stereocenters. The van der Waals surface area contributed by atoms with Crippen LogP contribution in [0.25, 0.3) is 0 Å². The Bertz CT molecular complexity index is 427. The molecule has 0 aromatic heterocycles. The van der Waals surface area contributed by atoms with Crippen LogP contribution in [0.2, 0.25) is 18.1 Å². The summed E-state index contributed by atoms with van der Waals surface area (Å²) in [6, 6.07) is 0. The van der Waals surface area contributed by atoms with Gasteiger partial charge in [-0.25, -0.2) is 0 Å². The zero-order valence-corrected chi connectivity index (χ0v) is 16.4. The molecule has 5 heteroatoms. The highest BCUT2D eigenvalue weighted by atomic mass is 28.4. The Morgan fingerprint density at radius 3 is 2.61 bits per heavy atom. The van der Waals surface area contributed by atoms with Gasteiger partial charge in [-0.2, -0.15) is 0 Å². The lowest BCUT2D eigenvalue weighted by atomic mass is 9.74. The number of hydrogen-bond acceptors (Lipinski definition) is 4. The van der Waals surface area contributed by atoms with Gasteiger partial charge in [-0.3, -0.25) is 0 Å². The monoisotopic (exact) mass is 342 g/mol. The van der Waals surface area contributed by atoms with Crippen LogP contribution in [0.3, 0.4) is 0 Å². The van der Waals surface area contributed by atoms with Gasteiger partial charge in [0.05, 0.1) is 17.8 Å². The number of fused-ring (bicyclic) bond motifs is 1. The highest BCUT2D eigenvalue weighted by Crippen LogP contribution is 2.57. The van der Waals surface area contributed by atoms with Gasteiger partial charge in [-0.05, 0) is 63.1 Å². The van der Waals surface area contributed by atoms with E-state index in [1.54, 1.807) is 0 Å². The van der Waals surface area contributed by atoms with E-state index in [1.165, 1.54) is 6.42 Å². The van der Waals surface area contributed by atoms with Crippen LogP contribution in [-0.2, 0) is 14.2 Å². The minimum absolute atomic E-state index is 0.00417. The number of epoxide rings is 1. The van der Waals surface area contributed by atoms with Crippen LogP contribution in [0, 0.1) is 5.92 Å². The van der Waals surface area contributed by atoms with Gasteiger partial charge < -0.3 is 19.0 Å². The molecule has 1 aliphatic carbocycles. The molecule has 0 amide bonds. The molecule has 1 unspecified atom stereocenters. The molecule has 3 fully saturated rings. The summed E-state index contributed by atoms with van der Waals surface area (Å²) in [4.78, 5) is 10.6. The molecule has 3 rings (SSSR count). The lowest BCUT2D eigenvalue weighted by Gasteiger charge is -2.41. The summed E-state index contributed by atoms with van der Waals surface area (Å²) in [6.07, 6.45) is 6.96. The summed E-state index contributed by atoms with van der Waals surface area (Å²) < 4.78 is 18.1. The fourth-order valence-corrected chi connectivity index (χ4v) is 4.84. The zero-order valence-electron chi connectivity index (χ0n) is 15.4. The van der Waals surface area contributed by atoms with E-state index in [-0.39, 0.29) is 23.0 Å². The zero-order chi connectivity index (χ0) is 16.9. The minimum atomic E-state index is -2.20. The maximum Gasteiger partial charge on any atom is 0.188 e. The van der Waals surface area contributed by atoms with Gasteiger partial charge in [0.15, 0.2) is 14.6 Å². The van der Waals surface area contributed by atoms with E-state index in [9.17, 15) is 4.80 Å². The molecule has 3 aliphatic rings. The van der Waals surface area contributed by atoms with Crippen molar-refractivity contribution < 1.29 is 19.0 Å². The third-order valence-electron chi connectivity index (χ3n) is 6.71. The Morgan fingerprint density at radius 2 is 2.00 bits per heavy atom. The van der Waals surface area contributed by atoms with Gasteiger partial charge in [0.25, 0.3) is 0 Å². The Kier molecular flexibility index (Phi) is 4.73. The number of ether oxygens (including phenoxy) is 3. The van der Waals surface area contributed by atoms with Gasteiger partial charge in [0.1, 0.15) is 0 Å². The molecule has 134 valence electrons. The average molecular weight is 343 g/mol. The molecule has 2 saturated heterocycles. The highest BCUT2D eigenvalue weighted by molar-refractivity contribution is 6.72. The normalized spacial score (nSPS) is 41.5. The predicted octanol–water partition coefficient (Wildman–Crippen LogP) is 3.83. The van der Waals surface area contributed by atoms with Gasteiger partial charge in [0, 0.05) is 13.0 Å². The van der Waals surface area contributed by atoms with Gasteiger partial charge in [0.2, 0.25) is 0 Å². The Balaban J connectivity index is 1.62. The van der Waals surface area contributed by atoms with E-state index in [1.807, 2.05) is 13.1 Å². The minimum Gasteiger partial charge on any atom is -0.432 e. The van der Waals surface area contributed by atoms with Crippen molar-refractivity contribution in [3.8, 4) is 0 Å². The third-order valence-corrected chi connectivity index (χ3v) is 10.2. The van der Waals surface area contributed by atoms with E-state index in [4.69, 9.17) is 14.2 Å². The van der Waals surface area contributed by atoms with Crippen LogP contribution >= 0.6 is 0 Å². The summed E-state index contributed by atoms with van der Waals surface area (Å²) in [5.74, 6) is 0.462. The summed E-state index contributed by atoms with van der Waals surface area (Å²) in [5.41, 5.74) is 0.00417. The summed E-state index contributed by atoms with van der Waals surface area (Å²) >= 11 is 0. The van der Waals surface area contributed by atoms with Crippen molar-refractivity contribution in [2.45, 2.75) is 102 Å². The van der Waals surface area contributed by atoms with Crippen LogP contribution in [0.4, 0.5) is 0 Å². The molecule has 0 bridgehead atoms. The van der Waals surface area contributed by atoms with Crippen LogP contribution in [0.15, 0.2) is 0 Å². The fraction of sp³-hybridized carbons (Fsp3) is 1.00. The quantitative estimate of drug-likeness (QED) is 0.609. The van der Waals surface area contributed by atoms with Crippen LogP contribution in [-0.4, -0.2) is 43.8 Å². The molecule has 2 aliphatic heterocycles. The molecule has 4 nitrogen and oxygen atoms in total. The second kappa shape index (κ2) is 6.10. The lowest BCUT2D eigenvalue weighted by Crippen LogP contribution is -2.45. The van der Waals surface area contributed by atoms with E-state index in [0.717, 1.165) is 38.7 Å². The summed E-state index contributed by atoms with van der Waals surface area (Å²) in [6.45, 7) is 11.6. The lowest BCUT2D eigenvalue weighted by molar-refractivity contribution is -0.195. The van der Waals surface area contributed by atoms with Crippen molar-refractivity contribution in [1.29, 1.82) is 0 Å². The first-order valence-corrected chi connectivity index (χ1v) is 12.2. The molecule has 0 spiro atoms. The maximum absolute atomic E-state index is 10.6. The first-order valence-electron chi connectivity index (χ1n) is 9.29. The molecule has 0 aromatic carbocycles. The molecule has 1 saturated carbocycles. The molecule has 23 heavy (non-hydrogen) atoms. The topological polar surface area (TPSA) is 51.2 Å². The second-order valence-electron chi connectivity index (χ2n) is 9.16. The van der Waals surface area contributed by atoms with Crippen molar-refractivity contribution >= 4 is 8.32 Å².